The van der Waals surface area contributed by atoms with Crippen molar-refractivity contribution in [2.24, 2.45) is 44.3 Å². The van der Waals surface area contributed by atoms with Gasteiger partial charge in [-0.2, -0.15) is 0 Å². The van der Waals surface area contributed by atoms with Crippen molar-refractivity contribution in [3.05, 3.63) is 35.5 Å². The molecule has 5 aliphatic carbocycles. The molecule has 5 aliphatic rings. The highest BCUT2D eigenvalue weighted by molar-refractivity contribution is 5.95. The molecule has 0 heterocycles. The highest BCUT2D eigenvalue weighted by Crippen LogP contribution is 2.73. The lowest BCUT2D eigenvalue weighted by molar-refractivity contribution is -0.154. The van der Waals surface area contributed by atoms with Crippen LogP contribution in [0.1, 0.15) is 93.4 Å². The average Bonchev–Trinajstić information content (AvgIpc) is 2.71. The van der Waals surface area contributed by atoms with Crippen LogP contribution in [0.5, 0.6) is 0 Å². The number of carbonyl (C=O) groups excluding carboxylic acids is 1. The Morgan fingerprint density at radius 3 is 2.27 bits per heavy atom. The van der Waals surface area contributed by atoms with E-state index in [1.165, 1.54) is 11.1 Å². The lowest BCUT2D eigenvalue weighted by Crippen LogP contribution is -2.61. The fourth-order valence-corrected chi connectivity index (χ4v) is 9.26. The highest BCUT2D eigenvalue weighted by atomic mass is 16.4. The summed E-state index contributed by atoms with van der Waals surface area (Å²) in [6.45, 7) is 16.2. The van der Waals surface area contributed by atoms with E-state index in [2.05, 4.69) is 66.7 Å². The van der Waals surface area contributed by atoms with Crippen molar-refractivity contribution >= 4 is 11.8 Å². The number of hydrogen-bond acceptors (Lipinski definition) is 2. The number of carbonyl (C=O) groups is 2. The number of allylic oxidation sites excluding steroid dienone is 5. The number of carboxylic acid groups (broad SMARTS) is 1. The van der Waals surface area contributed by atoms with Gasteiger partial charge in [-0.1, -0.05) is 66.7 Å². The maximum Gasteiger partial charge on any atom is 0.313 e. The Kier molecular flexibility index (Phi) is 4.57. The number of carboxylic acids is 1. The lowest BCUT2D eigenvalue weighted by atomic mass is 9.36. The Morgan fingerprint density at radius 2 is 1.61 bits per heavy atom. The second-order valence-electron chi connectivity index (χ2n) is 14.1. The van der Waals surface area contributed by atoms with Crippen LogP contribution in [-0.2, 0) is 9.59 Å². The van der Waals surface area contributed by atoms with Gasteiger partial charge in [0.1, 0.15) is 0 Å². The zero-order chi connectivity index (χ0) is 24.2. The van der Waals surface area contributed by atoms with E-state index in [4.69, 9.17) is 0 Å². The normalized spacial score (nSPS) is 47.3. The highest BCUT2D eigenvalue weighted by Gasteiger charge is 2.66. The lowest BCUT2D eigenvalue weighted by Gasteiger charge is -2.67. The van der Waals surface area contributed by atoms with E-state index in [0.29, 0.717) is 11.8 Å². The van der Waals surface area contributed by atoms with Crippen LogP contribution in [0, 0.1) is 44.3 Å². The average molecular weight is 451 g/mol. The molecule has 33 heavy (non-hydrogen) atoms. The van der Waals surface area contributed by atoms with Crippen molar-refractivity contribution in [2.75, 3.05) is 0 Å². The summed E-state index contributed by atoms with van der Waals surface area (Å²) in [5.74, 6) is 0.319. The van der Waals surface area contributed by atoms with Gasteiger partial charge in [0.25, 0.3) is 0 Å². The standard InChI is InChI=1S/C30H42O3/c1-25(2)14-16-30(24(32)33)17-15-28(6)19(20(30)18-25)8-9-22-27(5)12-11-23(31)26(3,4)21(27)10-13-29(22,28)7/h8-9,11-12,21-22H,10,13-18H2,1-7H3,(H,32,33)/t21-,22+,27-,28+,29+,30-/m0/s1. The molecule has 1 N–H and O–H groups in total. The summed E-state index contributed by atoms with van der Waals surface area (Å²) in [7, 11) is 0. The van der Waals surface area contributed by atoms with Crippen LogP contribution < -0.4 is 0 Å². The molecule has 0 amide bonds. The van der Waals surface area contributed by atoms with Crippen LogP contribution in [0.2, 0.25) is 0 Å². The van der Waals surface area contributed by atoms with Gasteiger partial charge in [-0.15, -0.1) is 0 Å². The number of rotatable bonds is 1. The minimum absolute atomic E-state index is 0.0401. The summed E-state index contributed by atoms with van der Waals surface area (Å²) in [5.41, 5.74) is 1.62. The van der Waals surface area contributed by atoms with Crippen LogP contribution in [-0.4, -0.2) is 16.9 Å². The summed E-state index contributed by atoms with van der Waals surface area (Å²) >= 11 is 0. The van der Waals surface area contributed by atoms with Crippen LogP contribution in [0.3, 0.4) is 0 Å². The third-order valence-electron chi connectivity index (χ3n) is 11.7. The van der Waals surface area contributed by atoms with Crippen LogP contribution in [0.4, 0.5) is 0 Å². The molecular weight excluding hydrogens is 408 g/mol. The monoisotopic (exact) mass is 450 g/mol. The van der Waals surface area contributed by atoms with Gasteiger partial charge in [-0.05, 0) is 95.7 Å². The Balaban J connectivity index is 1.71. The largest absolute Gasteiger partial charge is 0.481 e. The van der Waals surface area contributed by atoms with Gasteiger partial charge in [0.05, 0.1) is 5.41 Å². The molecular formula is C30H42O3. The molecule has 2 saturated carbocycles. The van der Waals surface area contributed by atoms with Crippen molar-refractivity contribution < 1.29 is 14.7 Å². The second kappa shape index (κ2) is 6.52. The van der Waals surface area contributed by atoms with Gasteiger partial charge in [-0.3, -0.25) is 9.59 Å². The molecule has 0 bridgehead atoms. The van der Waals surface area contributed by atoms with Crippen LogP contribution >= 0.6 is 0 Å². The molecule has 3 nitrogen and oxygen atoms in total. The Morgan fingerprint density at radius 1 is 0.939 bits per heavy atom. The minimum atomic E-state index is -0.682. The van der Waals surface area contributed by atoms with E-state index in [1.807, 2.05) is 6.08 Å². The molecule has 5 rings (SSSR count). The first-order chi connectivity index (χ1) is 15.1. The predicted octanol–water partition coefficient (Wildman–Crippen LogP) is 7.14. The summed E-state index contributed by atoms with van der Waals surface area (Å²) < 4.78 is 0. The summed E-state index contributed by atoms with van der Waals surface area (Å²) in [6.07, 6.45) is 15.3. The van der Waals surface area contributed by atoms with E-state index in [9.17, 15) is 14.7 Å². The fraction of sp³-hybridized carbons (Fsp3) is 0.733. The zero-order valence-corrected chi connectivity index (χ0v) is 21.7. The number of ketones is 1. The molecule has 0 aromatic heterocycles. The molecule has 0 radical (unpaired) electrons. The maximum absolute atomic E-state index is 12.8. The van der Waals surface area contributed by atoms with Gasteiger partial charge in [-0.25, -0.2) is 0 Å². The van der Waals surface area contributed by atoms with E-state index in [-0.39, 0.29) is 32.9 Å². The third kappa shape index (κ3) is 2.69. The summed E-state index contributed by atoms with van der Waals surface area (Å²) in [6, 6.07) is 0. The number of hydrogen-bond donors (Lipinski definition) is 1. The van der Waals surface area contributed by atoms with Crippen molar-refractivity contribution in [3.8, 4) is 0 Å². The van der Waals surface area contributed by atoms with Crippen LogP contribution in [0.25, 0.3) is 0 Å². The smallest absolute Gasteiger partial charge is 0.313 e. The van der Waals surface area contributed by atoms with Crippen molar-refractivity contribution in [3.63, 3.8) is 0 Å². The van der Waals surface area contributed by atoms with E-state index < -0.39 is 11.4 Å². The first-order valence-electron chi connectivity index (χ1n) is 13.0. The first kappa shape index (κ1) is 23.1. The molecule has 0 saturated heterocycles. The van der Waals surface area contributed by atoms with E-state index in [1.54, 1.807) is 0 Å². The summed E-state index contributed by atoms with van der Waals surface area (Å²) in [5, 5.41) is 10.4. The Hall–Kier alpha value is -1.64. The Labute approximate surface area is 199 Å². The molecule has 6 atom stereocenters. The second-order valence-corrected chi connectivity index (χ2v) is 14.1. The molecule has 2 fully saturated rings. The predicted molar refractivity (Wildman–Crippen MR) is 132 cm³/mol. The zero-order valence-electron chi connectivity index (χ0n) is 21.7. The SMILES string of the molecule is CC1(C)CC[C@]2(C(=O)O)CC[C@]3(C)C(=C2C1)C=C[C@@H]1[C@@]2(C)C=CC(=O)C(C)(C)[C@@H]2CC[C@]13C. The molecule has 180 valence electrons. The van der Waals surface area contributed by atoms with Gasteiger partial charge < -0.3 is 5.11 Å². The first-order valence-corrected chi connectivity index (χ1v) is 13.0. The fourth-order valence-electron chi connectivity index (χ4n) is 9.26. The molecule has 0 unspecified atom stereocenters. The number of fused-ring (bicyclic) bond motifs is 6. The van der Waals surface area contributed by atoms with Gasteiger partial charge in [0.2, 0.25) is 0 Å². The van der Waals surface area contributed by atoms with Crippen molar-refractivity contribution in [1.29, 1.82) is 0 Å². The topological polar surface area (TPSA) is 54.4 Å². The Bertz CT molecular complexity index is 1030. The van der Waals surface area contributed by atoms with E-state index >= 15 is 0 Å². The third-order valence-corrected chi connectivity index (χ3v) is 11.7. The van der Waals surface area contributed by atoms with Gasteiger partial charge in [0.15, 0.2) is 5.78 Å². The molecule has 0 aromatic carbocycles. The molecule has 0 spiro atoms. The van der Waals surface area contributed by atoms with Gasteiger partial charge in [0, 0.05) is 5.41 Å². The van der Waals surface area contributed by atoms with E-state index in [0.717, 1.165) is 44.9 Å². The quantitative estimate of drug-likeness (QED) is 0.462. The molecule has 3 heteroatoms. The minimum Gasteiger partial charge on any atom is -0.481 e. The molecule has 0 aliphatic heterocycles. The number of aliphatic carboxylic acids is 1. The van der Waals surface area contributed by atoms with Gasteiger partial charge >= 0.3 is 5.97 Å². The maximum atomic E-state index is 12.8. The summed E-state index contributed by atoms with van der Waals surface area (Å²) in [4.78, 5) is 25.5. The van der Waals surface area contributed by atoms with Crippen molar-refractivity contribution in [1.82, 2.24) is 0 Å². The molecule has 0 aromatic rings. The van der Waals surface area contributed by atoms with Crippen molar-refractivity contribution in [2.45, 2.75) is 93.4 Å². The van der Waals surface area contributed by atoms with Crippen LogP contribution in [0.15, 0.2) is 35.5 Å².